The molecule has 0 bridgehead atoms. The van der Waals surface area contributed by atoms with E-state index in [1.807, 2.05) is 6.92 Å². The first kappa shape index (κ1) is 12.4. The highest BCUT2D eigenvalue weighted by Gasteiger charge is 2.29. The van der Waals surface area contributed by atoms with E-state index < -0.39 is 21.1 Å². The monoisotopic (exact) mass is 208 g/mol. The van der Waals surface area contributed by atoms with E-state index in [2.05, 4.69) is 0 Å². The van der Waals surface area contributed by atoms with Gasteiger partial charge in [0.2, 0.25) is 0 Å². The van der Waals surface area contributed by atoms with Gasteiger partial charge in [-0.15, -0.1) is 0 Å². The normalized spacial score (nSPS) is 14.0. The summed E-state index contributed by atoms with van der Waals surface area (Å²) in [5.74, 6) is -1.26. The van der Waals surface area contributed by atoms with Crippen LogP contribution in [0.4, 0.5) is 0 Å². The van der Waals surface area contributed by atoms with Crippen LogP contribution in [0.2, 0.25) is 0 Å². The van der Waals surface area contributed by atoms with Gasteiger partial charge >= 0.3 is 5.97 Å². The first-order chi connectivity index (χ1) is 5.95. The Kier molecular flexibility index (Phi) is 4.98. The standard InChI is InChI=1S/C8H16O4S/c1-3-5-6-13(11,12)7(4-2)8(9)10/h7H,3-6H2,1-2H3,(H,9,10). The summed E-state index contributed by atoms with van der Waals surface area (Å²) in [4.78, 5) is 10.6. The molecule has 1 unspecified atom stereocenters. The van der Waals surface area contributed by atoms with Gasteiger partial charge in [0.1, 0.15) is 0 Å². The van der Waals surface area contributed by atoms with Gasteiger partial charge < -0.3 is 5.11 Å². The Morgan fingerprint density at radius 2 is 1.92 bits per heavy atom. The minimum atomic E-state index is -3.43. The van der Waals surface area contributed by atoms with Crippen LogP contribution in [0.15, 0.2) is 0 Å². The second-order valence-electron chi connectivity index (χ2n) is 2.96. The van der Waals surface area contributed by atoms with Crippen molar-refractivity contribution in [2.75, 3.05) is 5.75 Å². The van der Waals surface area contributed by atoms with Crippen molar-refractivity contribution in [2.45, 2.75) is 38.4 Å². The maximum Gasteiger partial charge on any atom is 0.321 e. The number of aliphatic carboxylic acids is 1. The molecule has 1 atom stereocenters. The lowest BCUT2D eigenvalue weighted by atomic mass is 10.3. The number of carbonyl (C=O) groups is 1. The van der Waals surface area contributed by atoms with E-state index in [1.54, 1.807) is 6.92 Å². The molecule has 4 nitrogen and oxygen atoms in total. The highest BCUT2D eigenvalue weighted by Crippen LogP contribution is 2.09. The van der Waals surface area contributed by atoms with Crippen molar-refractivity contribution in [3.63, 3.8) is 0 Å². The van der Waals surface area contributed by atoms with Crippen molar-refractivity contribution in [1.82, 2.24) is 0 Å². The molecule has 1 N–H and O–H groups in total. The minimum absolute atomic E-state index is 0.0195. The summed E-state index contributed by atoms with van der Waals surface area (Å²) in [7, 11) is -3.43. The van der Waals surface area contributed by atoms with Crippen LogP contribution in [0.25, 0.3) is 0 Å². The van der Waals surface area contributed by atoms with Crippen LogP contribution >= 0.6 is 0 Å². The topological polar surface area (TPSA) is 71.4 Å². The fourth-order valence-electron chi connectivity index (χ4n) is 1.07. The average molecular weight is 208 g/mol. The number of carboxylic acid groups (broad SMARTS) is 1. The largest absolute Gasteiger partial charge is 0.480 e. The number of carboxylic acids is 1. The number of unbranched alkanes of at least 4 members (excludes halogenated alkanes) is 1. The maximum absolute atomic E-state index is 11.4. The molecule has 5 heteroatoms. The van der Waals surface area contributed by atoms with E-state index in [4.69, 9.17) is 5.11 Å². The van der Waals surface area contributed by atoms with Crippen LogP contribution in [-0.4, -0.2) is 30.5 Å². The zero-order chi connectivity index (χ0) is 10.5. The molecule has 0 heterocycles. The summed E-state index contributed by atoms with van der Waals surface area (Å²) in [5, 5.41) is 7.41. The molecule has 0 aliphatic rings. The van der Waals surface area contributed by atoms with E-state index in [-0.39, 0.29) is 12.2 Å². The van der Waals surface area contributed by atoms with Crippen molar-refractivity contribution in [3.8, 4) is 0 Å². The highest BCUT2D eigenvalue weighted by atomic mass is 32.2. The number of rotatable bonds is 6. The molecule has 0 rings (SSSR count). The summed E-state index contributed by atoms with van der Waals surface area (Å²) in [6, 6.07) is 0. The lowest BCUT2D eigenvalue weighted by Gasteiger charge is -2.10. The highest BCUT2D eigenvalue weighted by molar-refractivity contribution is 7.92. The number of sulfone groups is 1. The molecule has 0 aromatic heterocycles. The molecule has 0 saturated carbocycles. The number of hydrogen-bond acceptors (Lipinski definition) is 3. The minimum Gasteiger partial charge on any atom is -0.480 e. The van der Waals surface area contributed by atoms with Gasteiger partial charge in [-0.25, -0.2) is 8.42 Å². The molecule has 0 radical (unpaired) electrons. The van der Waals surface area contributed by atoms with Crippen LogP contribution in [0.3, 0.4) is 0 Å². The smallest absolute Gasteiger partial charge is 0.321 e. The summed E-state index contributed by atoms with van der Waals surface area (Å²) < 4.78 is 22.8. The van der Waals surface area contributed by atoms with Crippen molar-refractivity contribution < 1.29 is 18.3 Å². The molecule has 0 amide bonds. The SMILES string of the molecule is CCCCS(=O)(=O)C(CC)C(=O)O. The van der Waals surface area contributed by atoms with E-state index in [0.29, 0.717) is 6.42 Å². The van der Waals surface area contributed by atoms with Gasteiger partial charge in [-0.2, -0.15) is 0 Å². The second-order valence-corrected chi connectivity index (χ2v) is 5.26. The Labute approximate surface area is 78.9 Å². The predicted octanol–water partition coefficient (Wildman–Crippen LogP) is 1.06. The van der Waals surface area contributed by atoms with Crippen LogP contribution in [-0.2, 0) is 14.6 Å². The van der Waals surface area contributed by atoms with E-state index >= 15 is 0 Å². The van der Waals surface area contributed by atoms with Crippen LogP contribution < -0.4 is 0 Å². The van der Waals surface area contributed by atoms with Gasteiger partial charge in [0.05, 0.1) is 5.75 Å². The van der Waals surface area contributed by atoms with Gasteiger partial charge in [-0.05, 0) is 12.8 Å². The van der Waals surface area contributed by atoms with Gasteiger partial charge in [-0.3, -0.25) is 4.79 Å². The van der Waals surface area contributed by atoms with E-state index in [0.717, 1.165) is 6.42 Å². The molecule has 0 saturated heterocycles. The lowest BCUT2D eigenvalue weighted by Crippen LogP contribution is -2.31. The molecule has 78 valence electrons. The van der Waals surface area contributed by atoms with Crippen LogP contribution in [0, 0.1) is 0 Å². The molecule has 13 heavy (non-hydrogen) atoms. The van der Waals surface area contributed by atoms with Crippen LogP contribution in [0.1, 0.15) is 33.1 Å². The third kappa shape index (κ3) is 3.76. The molecule has 0 fully saturated rings. The third-order valence-corrected chi connectivity index (χ3v) is 4.12. The summed E-state index contributed by atoms with van der Waals surface area (Å²) >= 11 is 0. The zero-order valence-electron chi connectivity index (χ0n) is 7.99. The number of hydrogen-bond donors (Lipinski definition) is 1. The maximum atomic E-state index is 11.4. The first-order valence-corrected chi connectivity index (χ1v) is 6.11. The van der Waals surface area contributed by atoms with E-state index in [1.165, 1.54) is 0 Å². The van der Waals surface area contributed by atoms with Gasteiger partial charge in [-0.1, -0.05) is 20.3 Å². The Morgan fingerprint density at radius 3 is 2.23 bits per heavy atom. The summed E-state index contributed by atoms with van der Waals surface area (Å²) in [6.45, 7) is 3.44. The average Bonchev–Trinajstić information content (AvgIpc) is 2.01. The van der Waals surface area contributed by atoms with Crippen molar-refractivity contribution >= 4 is 15.8 Å². The molecule has 0 aliphatic carbocycles. The van der Waals surface area contributed by atoms with Crippen molar-refractivity contribution in [2.24, 2.45) is 0 Å². The molecule has 0 spiro atoms. The van der Waals surface area contributed by atoms with Gasteiger partial charge in [0, 0.05) is 0 Å². The quantitative estimate of drug-likeness (QED) is 0.708. The summed E-state index contributed by atoms with van der Waals surface area (Å²) in [6.07, 6.45) is 1.43. The van der Waals surface area contributed by atoms with E-state index in [9.17, 15) is 13.2 Å². The van der Waals surface area contributed by atoms with Gasteiger partial charge in [0.25, 0.3) is 0 Å². The Hall–Kier alpha value is -0.580. The second kappa shape index (κ2) is 5.21. The van der Waals surface area contributed by atoms with Crippen molar-refractivity contribution in [3.05, 3.63) is 0 Å². The Morgan fingerprint density at radius 1 is 1.38 bits per heavy atom. The molecule has 0 aromatic carbocycles. The fraction of sp³-hybridized carbons (Fsp3) is 0.875. The Balaban J connectivity index is 4.49. The third-order valence-electron chi connectivity index (χ3n) is 1.86. The Bertz CT molecular complexity index is 255. The van der Waals surface area contributed by atoms with Crippen LogP contribution in [0.5, 0.6) is 0 Å². The van der Waals surface area contributed by atoms with Gasteiger partial charge in [0.15, 0.2) is 15.1 Å². The van der Waals surface area contributed by atoms with Crippen molar-refractivity contribution in [1.29, 1.82) is 0 Å². The molecule has 0 aromatic rings. The molecule has 0 aliphatic heterocycles. The molecular weight excluding hydrogens is 192 g/mol. The first-order valence-electron chi connectivity index (χ1n) is 4.40. The lowest BCUT2D eigenvalue weighted by molar-refractivity contribution is -0.136. The zero-order valence-corrected chi connectivity index (χ0v) is 8.80. The predicted molar refractivity (Wildman–Crippen MR) is 50.4 cm³/mol. The molecular formula is C8H16O4S. The summed E-state index contributed by atoms with van der Waals surface area (Å²) in [5.41, 5.74) is 0. The fourth-order valence-corrected chi connectivity index (χ4v) is 2.86.